The lowest BCUT2D eigenvalue weighted by atomic mass is 10.2. The van der Waals surface area contributed by atoms with Crippen molar-refractivity contribution < 1.29 is 12.8 Å². The Bertz CT molecular complexity index is 820. The van der Waals surface area contributed by atoms with E-state index in [0.717, 1.165) is 21.2 Å². The number of hydrogen-bond acceptors (Lipinski definition) is 4. The Labute approximate surface area is 127 Å². The van der Waals surface area contributed by atoms with Crippen LogP contribution in [0.25, 0.3) is 0 Å². The first-order chi connectivity index (χ1) is 9.88. The van der Waals surface area contributed by atoms with Crippen molar-refractivity contribution in [1.82, 2.24) is 4.31 Å². The Morgan fingerprint density at radius 2 is 1.67 bits per heavy atom. The van der Waals surface area contributed by atoms with Crippen LogP contribution in [0.3, 0.4) is 0 Å². The lowest BCUT2D eigenvalue weighted by molar-refractivity contribution is 0.520. The van der Waals surface area contributed by atoms with Gasteiger partial charge in [0, 0.05) is 23.9 Å². The van der Waals surface area contributed by atoms with Crippen molar-refractivity contribution in [2.24, 2.45) is 0 Å². The molecular formula is C14H13FN2O2S2. The molecule has 21 heavy (non-hydrogen) atoms. The van der Waals surface area contributed by atoms with Gasteiger partial charge in [-0.1, -0.05) is 11.8 Å². The second-order valence-electron chi connectivity index (χ2n) is 4.81. The number of nitrogens with one attached hydrogen (secondary N) is 1. The van der Waals surface area contributed by atoms with E-state index in [0.29, 0.717) is 0 Å². The van der Waals surface area contributed by atoms with Gasteiger partial charge in [0.15, 0.2) is 0 Å². The van der Waals surface area contributed by atoms with E-state index in [-0.39, 0.29) is 10.7 Å². The molecule has 0 spiro atoms. The van der Waals surface area contributed by atoms with Crippen molar-refractivity contribution in [2.75, 3.05) is 19.4 Å². The number of rotatable bonds is 2. The number of hydrogen-bond donors (Lipinski definition) is 1. The molecule has 110 valence electrons. The lowest BCUT2D eigenvalue weighted by Crippen LogP contribution is -2.22. The molecule has 3 rings (SSSR count). The first kappa shape index (κ1) is 14.4. The zero-order valence-corrected chi connectivity index (χ0v) is 13.1. The Morgan fingerprint density at radius 3 is 2.33 bits per heavy atom. The summed E-state index contributed by atoms with van der Waals surface area (Å²) >= 11 is 1.35. The zero-order chi connectivity index (χ0) is 15.2. The van der Waals surface area contributed by atoms with Crippen LogP contribution in [-0.2, 0) is 10.0 Å². The average molecular weight is 324 g/mol. The van der Waals surface area contributed by atoms with Gasteiger partial charge in [0.1, 0.15) is 5.82 Å². The van der Waals surface area contributed by atoms with Gasteiger partial charge in [-0.05, 0) is 36.4 Å². The Balaban J connectivity index is 2.05. The quantitative estimate of drug-likeness (QED) is 0.786. The minimum absolute atomic E-state index is 0.223. The average Bonchev–Trinajstić information content (AvgIpc) is 2.44. The minimum Gasteiger partial charge on any atom is -0.354 e. The predicted octanol–water partition coefficient (Wildman–Crippen LogP) is 3.28. The van der Waals surface area contributed by atoms with Gasteiger partial charge < -0.3 is 5.32 Å². The summed E-state index contributed by atoms with van der Waals surface area (Å²) in [6, 6.07) is 9.40. The Kier molecular flexibility index (Phi) is 3.43. The molecule has 1 aliphatic heterocycles. The molecule has 0 amide bonds. The number of nitrogens with zero attached hydrogens (tertiary/aromatic N) is 1. The van der Waals surface area contributed by atoms with Crippen LogP contribution in [0.5, 0.6) is 0 Å². The van der Waals surface area contributed by atoms with Crippen LogP contribution in [-0.4, -0.2) is 26.8 Å². The first-order valence-corrected chi connectivity index (χ1v) is 8.44. The Morgan fingerprint density at radius 1 is 1.05 bits per heavy atom. The van der Waals surface area contributed by atoms with E-state index in [1.165, 1.54) is 42.3 Å². The predicted molar refractivity (Wildman–Crippen MR) is 81.1 cm³/mol. The fraction of sp³-hybridized carbons (Fsp3) is 0.143. The molecule has 2 aromatic rings. The van der Waals surface area contributed by atoms with Gasteiger partial charge in [0.2, 0.25) is 10.0 Å². The van der Waals surface area contributed by atoms with Gasteiger partial charge in [-0.25, -0.2) is 17.1 Å². The van der Waals surface area contributed by atoms with Crippen molar-refractivity contribution in [3.8, 4) is 0 Å². The molecule has 0 bridgehead atoms. The highest BCUT2D eigenvalue weighted by Crippen LogP contribution is 2.45. The monoisotopic (exact) mass is 324 g/mol. The molecule has 2 aromatic carbocycles. The molecule has 4 nitrogen and oxygen atoms in total. The molecule has 0 unspecified atom stereocenters. The molecule has 1 N–H and O–H groups in total. The maximum atomic E-state index is 13.3. The molecule has 0 radical (unpaired) electrons. The fourth-order valence-electron chi connectivity index (χ4n) is 2.01. The molecule has 1 aliphatic rings. The van der Waals surface area contributed by atoms with E-state index in [4.69, 9.17) is 0 Å². The topological polar surface area (TPSA) is 49.4 Å². The van der Waals surface area contributed by atoms with Crippen molar-refractivity contribution in [1.29, 1.82) is 0 Å². The summed E-state index contributed by atoms with van der Waals surface area (Å²) in [5, 5.41) is 3.18. The smallest absolute Gasteiger partial charge is 0.242 e. The number of halogens is 1. The second-order valence-corrected chi connectivity index (χ2v) is 8.05. The molecule has 7 heteroatoms. The van der Waals surface area contributed by atoms with Gasteiger partial charge in [0.25, 0.3) is 0 Å². The van der Waals surface area contributed by atoms with Crippen molar-refractivity contribution >= 4 is 33.2 Å². The van der Waals surface area contributed by atoms with Crippen molar-refractivity contribution in [3.05, 3.63) is 42.2 Å². The molecule has 0 atom stereocenters. The highest BCUT2D eigenvalue weighted by atomic mass is 32.2. The van der Waals surface area contributed by atoms with Crippen molar-refractivity contribution in [3.63, 3.8) is 0 Å². The van der Waals surface area contributed by atoms with Gasteiger partial charge in [-0.15, -0.1) is 0 Å². The molecule has 0 aliphatic carbocycles. The summed E-state index contributed by atoms with van der Waals surface area (Å²) in [5.74, 6) is -0.316. The third-order valence-corrected chi connectivity index (χ3v) is 6.09. The number of fused-ring (bicyclic) bond motifs is 2. The molecular weight excluding hydrogens is 311 g/mol. The maximum Gasteiger partial charge on any atom is 0.242 e. The number of anilines is 2. The van der Waals surface area contributed by atoms with Crippen LogP contribution in [0, 0.1) is 5.82 Å². The molecule has 1 heterocycles. The number of sulfonamides is 1. The Hall–Kier alpha value is -1.57. The lowest BCUT2D eigenvalue weighted by Gasteiger charge is -2.22. The summed E-state index contributed by atoms with van der Waals surface area (Å²) in [7, 11) is -0.496. The van der Waals surface area contributed by atoms with E-state index in [9.17, 15) is 12.8 Å². The van der Waals surface area contributed by atoms with Crippen LogP contribution in [0.4, 0.5) is 15.8 Å². The van der Waals surface area contributed by atoms with Crippen LogP contribution in [0.15, 0.2) is 51.1 Å². The number of benzene rings is 2. The highest BCUT2D eigenvalue weighted by molar-refractivity contribution is 7.99. The zero-order valence-electron chi connectivity index (χ0n) is 11.4. The van der Waals surface area contributed by atoms with E-state index in [1.807, 2.05) is 0 Å². The maximum absolute atomic E-state index is 13.3. The summed E-state index contributed by atoms with van der Waals surface area (Å²) < 4.78 is 38.8. The minimum atomic E-state index is -3.48. The van der Waals surface area contributed by atoms with Gasteiger partial charge in [-0.3, -0.25) is 0 Å². The van der Waals surface area contributed by atoms with Crippen LogP contribution < -0.4 is 5.32 Å². The fourth-order valence-corrected chi connectivity index (χ4v) is 4.06. The molecule has 0 fully saturated rings. The van der Waals surface area contributed by atoms with E-state index in [2.05, 4.69) is 5.32 Å². The molecule has 0 saturated heterocycles. The van der Waals surface area contributed by atoms with Crippen LogP contribution in [0.1, 0.15) is 0 Å². The van der Waals surface area contributed by atoms with Gasteiger partial charge in [0.05, 0.1) is 16.3 Å². The third-order valence-electron chi connectivity index (χ3n) is 3.16. The van der Waals surface area contributed by atoms with E-state index >= 15 is 0 Å². The van der Waals surface area contributed by atoms with Crippen LogP contribution >= 0.6 is 11.8 Å². The largest absolute Gasteiger partial charge is 0.354 e. The molecule has 0 saturated carbocycles. The molecule has 0 aromatic heterocycles. The normalized spacial score (nSPS) is 13.5. The standard InChI is InChI=1S/C14H13FN2O2S2/c1-17(2)21(18,19)10-4-6-12-14(8-10)20-13-7-9(15)3-5-11(13)16-12/h3-8,16H,1-2H3. The van der Waals surface area contributed by atoms with E-state index in [1.54, 1.807) is 24.3 Å². The van der Waals surface area contributed by atoms with E-state index < -0.39 is 10.0 Å². The van der Waals surface area contributed by atoms with Gasteiger partial charge >= 0.3 is 0 Å². The second kappa shape index (κ2) is 5.01. The SMILES string of the molecule is CN(C)S(=O)(=O)c1ccc2c(c1)Sc1cc(F)ccc1N2. The van der Waals surface area contributed by atoms with Crippen molar-refractivity contribution in [2.45, 2.75) is 14.7 Å². The summed E-state index contributed by atoms with van der Waals surface area (Å²) in [5.41, 5.74) is 1.63. The summed E-state index contributed by atoms with van der Waals surface area (Å²) in [6.07, 6.45) is 0. The van der Waals surface area contributed by atoms with Crippen LogP contribution in [0.2, 0.25) is 0 Å². The summed E-state index contributed by atoms with van der Waals surface area (Å²) in [4.78, 5) is 1.72. The summed E-state index contributed by atoms with van der Waals surface area (Å²) in [6.45, 7) is 0. The third kappa shape index (κ3) is 2.52. The highest BCUT2D eigenvalue weighted by Gasteiger charge is 2.22. The first-order valence-electron chi connectivity index (χ1n) is 6.19. The van der Waals surface area contributed by atoms with Gasteiger partial charge in [-0.2, -0.15) is 0 Å².